The lowest BCUT2D eigenvalue weighted by Gasteiger charge is -2.18. The third-order valence-electron chi connectivity index (χ3n) is 4.48. The molecule has 158 valence electrons. The Kier molecular flexibility index (Phi) is 6.57. The van der Waals surface area contributed by atoms with Crippen LogP contribution in [-0.4, -0.2) is 44.7 Å². The smallest absolute Gasteiger partial charge is 0.255 e. The standard InChI is InChI=1S/C21H20Cl2N2O4S/c1-24(2)30(27,28)17-9-10-19(23)18(12-17)21(26)25(3)13-16-8-11-20(29-16)14-4-6-15(22)7-5-14/h4-12H,13H2,1-3H3. The lowest BCUT2D eigenvalue weighted by Crippen LogP contribution is -2.27. The van der Waals surface area contributed by atoms with Crippen molar-refractivity contribution < 1.29 is 17.6 Å². The predicted octanol–water partition coefficient (Wildman–Crippen LogP) is 4.78. The van der Waals surface area contributed by atoms with Gasteiger partial charge in [-0.3, -0.25) is 4.79 Å². The molecule has 2 aromatic carbocycles. The fourth-order valence-corrected chi connectivity index (χ4v) is 4.04. The molecule has 0 aliphatic rings. The van der Waals surface area contributed by atoms with Crippen molar-refractivity contribution in [2.24, 2.45) is 0 Å². The van der Waals surface area contributed by atoms with Crippen molar-refractivity contribution in [2.45, 2.75) is 11.4 Å². The summed E-state index contributed by atoms with van der Waals surface area (Å²) in [6.07, 6.45) is 0. The van der Waals surface area contributed by atoms with Crippen molar-refractivity contribution in [3.8, 4) is 11.3 Å². The molecule has 1 amide bonds. The van der Waals surface area contributed by atoms with E-state index in [4.69, 9.17) is 27.6 Å². The molecule has 0 aliphatic carbocycles. The van der Waals surface area contributed by atoms with Crippen molar-refractivity contribution >= 4 is 39.1 Å². The first-order chi connectivity index (χ1) is 14.1. The van der Waals surface area contributed by atoms with Crippen molar-refractivity contribution in [3.63, 3.8) is 0 Å². The van der Waals surface area contributed by atoms with Gasteiger partial charge >= 0.3 is 0 Å². The molecule has 3 rings (SSSR count). The van der Waals surface area contributed by atoms with Crippen LogP contribution in [0.5, 0.6) is 0 Å². The Balaban J connectivity index is 1.81. The highest BCUT2D eigenvalue weighted by Gasteiger charge is 2.23. The van der Waals surface area contributed by atoms with Gasteiger partial charge in [-0.15, -0.1) is 0 Å². The van der Waals surface area contributed by atoms with Gasteiger partial charge < -0.3 is 9.32 Å². The molecule has 6 nitrogen and oxygen atoms in total. The number of carbonyl (C=O) groups excluding carboxylic acids is 1. The highest BCUT2D eigenvalue weighted by Crippen LogP contribution is 2.26. The van der Waals surface area contributed by atoms with Gasteiger partial charge in [0.05, 0.1) is 22.0 Å². The van der Waals surface area contributed by atoms with Gasteiger partial charge in [-0.2, -0.15) is 0 Å². The summed E-state index contributed by atoms with van der Waals surface area (Å²) in [6, 6.07) is 14.9. The number of hydrogen-bond acceptors (Lipinski definition) is 4. The minimum atomic E-state index is -3.69. The molecule has 0 spiro atoms. The first kappa shape index (κ1) is 22.4. The van der Waals surface area contributed by atoms with Crippen molar-refractivity contribution in [2.75, 3.05) is 21.1 Å². The highest BCUT2D eigenvalue weighted by atomic mass is 35.5. The van der Waals surface area contributed by atoms with E-state index in [1.165, 1.54) is 37.2 Å². The average Bonchev–Trinajstić information content (AvgIpc) is 3.16. The summed E-state index contributed by atoms with van der Waals surface area (Å²) in [6.45, 7) is 0.188. The van der Waals surface area contributed by atoms with Crippen molar-refractivity contribution in [3.05, 3.63) is 76.0 Å². The van der Waals surface area contributed by atoms with E-state index in [-0.39, 0.29) is 22.0 Å². The number of sulfonamides is 1. The van der Waals surface area contributed by atoms with E-state index in [1.54, 1.807) is 25.2 Å². The van der Waals surface area contributed by atoms with Crippen LogP contribution < -0.4 is 0 Å². The zero-order chi connectivity index (χ0) is 22.1. The molecule has 0 atom stereocenters. The Hall–Kier alpha value is -2.32. The molecule has 0 N–H and O–H groups in total. The fourth-order valence-electron chi connectivity index (χ4n) is 2.78. The molecule has 1 aromatic heterocycles. The summed E-state index contributed by atoms with van der Waals surface area (Å²) in [5.74, 6) is 0.809. The quantitative estimate of drug-likeness (QED) is 0.524. The Morgan fingerprint density at radius 2 is 1.63 bits per heavy atom. The zero-order valence-electron chi connectivity index (χ0n) is 16.6. The number of furan rings is 1. The minimum absolute atomic E-state index is 0.00308. The summed E-state index contributed by atoms with van der Waals surface area (Å²) in [5, 5.41) is 0.803. The van der Waals surface area contributed by atoms with Crippen LogP contribution in [0.1, 0.15) is 16.1 Å². The Labute approximate surface area is 185 Å². The van der Waals surface area contributed by atoms with Crippen LogP contribution in [0.3, 0.4) is 0 Å². The number of hydrogen-bond donors (Lipinski definition) is 0. The van der Waals surface area contributed by atoms with Crippen molar-refractivity contribution in [1.82, 2.24) is 9.21 Å². The first-order valence-electron chi connectivity index (χ1n) is 8.92. The molecule has 3 aromatic rings. The number of benzene rings is 2. The zero-order valence-corrected chi connectivity index (χ0v) is 18.9. The Morgan fingerprint density at radius 1 is 0.967 bits per heavy atom. The van der Waals surface area contributed by atoms with Crippen LogP contribution >= 0.6 is 23.2 Å². The summed E-state index contributed by atoms with van der Waals surface area (Å²) in [5.41, 5.74) is 0.968. The van der Waals surface area contributed by atoms with E-state index in [9.17, 15) is 13.2 Å². The van der Waals surface area contributed by atoms with Crippen LogP contribution in [-0.2, 0) is 16.6 Å². The maximum absolute atomic E-state index is 12.9. The molecular weight excluding hydrogens is 447 g/mol. The van der Waals surface area contributed by atoms with Gasteiger partial charge in [0.15, 0.2) is 0 Å². The van der Waals surface area contributed by atoms with Gasteiger partial charge in [-0.25, -0.2) is 12.7 Å². The second-order valence-electron chi connectivity index (χ2n) is 6.86. The van der Waals surface area contributed by atoms with E-state index in [0.29, 0.717) is 16.5 Å². The second-order valence-corrected chi connectivity index (χ2v) is 9.86. The normalized spacial score (nSPS) is 11.7. The van der Waals surface area contributed by atoms with Crippen LogP contribution in [0.25, 0.3) is 11.3 Å². The van der Waals surface area contributed by atoms with E-state index >= 15 is 0 Å². The summed E-state index contributed by atoms with van der Waals surface area (Å²) in [7, 11) is 0.752. The molecule has 1 heterocycles. The average molecular weight is 467 g/mol. The molecule has 30 heavy (non-hydrogen) atoms. The fraction of sp³-hybridized carbons (Fsp3) is 0.190. The molecule has 0 radical (unpaired) electrons. The van der Waals surface area contributed by atoms with Gasteiger partial charge in [0, 0.05) is 31.7 Å². The van der Waals surface area contributed by atoms with E-state index < -0.39 is 15.9 Å². The first-order valence-corrected chi connectivity index (χ1v) is 11.1. The van der Waals surface area contributed by atoms with Gasteiger partial charge in [0.25, 0.3) is 5.91 Å². The molecule has 9 heteroatoms. The molecule has 0 unspecified atom stereocenters. The van der Waals surface area contributed by atoms with Crippen LogP contribution in [0, 0.1) is 0 Å². The van der Waals surface area contributed by atoms with Crippen LogP contribution in [0.2, 0.25) is 10.0 Å². The second kappa shape index (κ2) is 8.81. The number of carbonyl (C=O) groups is 1. The van der Waals surface area contributed by atoms with Gasteiger partial charge in [-0.05, 0) is 54.6 Å². The number of nitrogens with zero attached hydrogens (tertiary/aromatic N) is 2. The molecule has 0 fully saturated rings. The third kappa shape index (κ3) is 4.70. The van der Waals surface area contributed by atoms with E-state index in [2.05, 4.69) is 0 Å². The van der Waals surface area contributed by atoms with Crippen LogP contribution in [0.15, 0.2) is 63.9 Å². The molecule has 0 bridgehead atoms. The van der Waals surface area contributed by atoms with Gasteiger partial charge in [0.1, 0.15) is 11.5 Å². The molecular formula is C21H20Cl2N2O4S. The molecule has 0 saturated heterocycles. The largest absolute Gasteiger partial charge is 0.459 e. The summed E-state index contributed by atoms with van der Waals surface area (Å²) >= 11 is 12.1. The SMILES string of the molecule is CN(Cc1ccc(-c2ccc(Cl)cc2)o1)C(=O)c1cc(S(=O)(=O)N(C)C)ccc1Cl. The third-order valence-corrected chi connectivity index (χ3v) is 6.87. The minimum Gasteiger partial charge on any atom is -0.459 e. The highest BCUT2D eigenvalue weighted by molar-refractivity contribution is 7.89. The van der Waals surface area contributed by atoms with E-state index in [1.807, 2.05) is 18.2 Å². The summed E-state index contributed by atoms with van der Waals surface area (Å²) in [4.78, 5) is 14.3. The maximum Gasteiger partial charge on any atom is 0.255 e. The number of rotatable bonds is 6. The molecule has 0 saturated carbocycles. The van der Waals surface area contributed by atoms with Gasteiger partial charge in [-0.1, -0.05) is 23.2 Å². The lowest BCUT2D eigenvalue weighted by molar-refractivity contribution is 0.0775. The Bertz CT molecular complexity index is 1170. The van der Waals surface area contributed by atoms with Crippen LogP contribution in [0.4, 0.5) is 0 Å². The topological polar surface area (TPSA) is 70.8 Å². The lowest BCUT2D eigenvalue weighted by atomic mass is 10.2. The molecule has 0 aliphatic heterocycles. The summed E-state index contributed by atoms with van der Waals surface area (Å²) < 4.78 is 31.7. The Morgan fingerprint density at radius 3 is 2.27 bits per heavy atom. The number of amides is 1. The predicted molar refractivity (Wildman–Crippen MR) is 117 cm³/mol. The van der Waals surface area contributed by atoms with Crippen molar-refractivity contribution in [1.29, 1.82) is 0 Å². The van der Waals surface area contributed by atoms with E-state index in [0.717, 1.165) is 9.87 Å². The van der Waals surface area contributed by atoms with Gasteiger partial charge in [0.2, 0.25) is 10.0 Å². The monoisotopic (exact) mass is 466 g/mol. The number of halogens is 2. The maximum atomic E-state index is 12.9.